The van der Waals surface area contributed by atoms with E-state index in [0.717, 1.165) is 17.2 Å². The summed E-state index contributed by atoms with van der Waals surface area (Å²) in [5, 5.41) is 0. The number of hydrogen-bond donors (Lipinski definition) is 0. The molecule has 1 aromatic carbocycles. The second-order valence-electron chi connectivity index (χ2n) is 3.04. The Kier molecular flexibility index (Phi) is 8.79. The van der Waals surface area contributed by atoms with Crippen LogP contribution in [0.1, 0.15) is 18.1 Å². The Bertz CT molecular complexity index is 355. The molecule has 1 aromatic rings. The Morgan fingerprint density at radius 2 is 1.94 bits per heavy atom. The smallest absolute Gasteiger partial charge is 0.330 e. The summed E-state index contributed by atoms with van der Waals surface area (Å²) >= 11 is 5.60. The third kappa shape index (κ3) is 7.36. The standard InChI is InChI=1S/C9H9Cl.C5H8O2/c1-2-8-3-5-9(7-10)6-4-8;1-3-5(6)7-4-2/h2-6H,1,7H2;3H,1,4H2,2H3. The molecule has 0 aliphatic heterocycles. The van der Waals surface area contributed by atoms with E-state index in [-0.39, 0.29) is 5.97 Å². The summed E-state index contributed by atoms with van der Waals surface area (Å²) in [4.78, 5) is 10.1. The van der Waals surface area contributed by atoms with Crippen LogP contribution < -0.4 is 0 Å². The lowest BCUT2D eigenvalue weighted by molar-refractivity contribution is -0.137. The van der Waals surface area contributed by atoms with Crippen molar-refractivity contribution in [2.45, 2.75) is 12.8 Å². The van der Waals surface area contributed by atoms with E-state index < -0.39 is 0 Å². The van der Waals surface area contributed by atoms with Gasteiger partial charge in [0, 0.05) is 12.0 Å². The quantitative estimate of drug-likeness (QED) is 0.463. The Balaban J connectivity index is 0.000000325. The molecule has 0 spiro atoms. The molecule has 0 bridgehead atoms. The van der Waals surface area contributed by atoms with Crippen molar-refractivity contribution in [2.75, 3.05) is 6.61 Å². The zero-order valence-electron chi connectivity index (χ0n) is 9.99. The molecule has 0 heterocycles. The first-order valence-corrected chi connectivity index (χ1v) is 5.77. The molecule has 0 N–H and O–H groups in total. The molecule has 0 aliphatic rings. The molecule has 0 saturated carbocycles. The minimum atomic E-state index is -0.359. The molecule has 1 rings (SSSR count). The van der Waals surface area contributed by atoms with Gasteiger partial charge in [-0.1, -0.05) is 43.5 Å². The first-order valence-electron chi connectivity index (χ1n) is 5.24. The summed E-state index contributed by atoms with van der Waals surface area (Å²) in [5.74, 6) is 0.222. The maximum absolute atomic E-state index is 10.1. The van der Waals surface area contributed by atoms with Gasteiger partial charge in [0.25, 0.3) is 0 Å². The van der Waals surface area contributed by atoms with Crippen molar-refractivity contribution < 1.29 is 9.53 Å². The molecule has 0 atom stereocenters. The van der Waals surface area contributed by atoms with Crippen molar-refractivity contribution in [1.82, 2.24) is 0 Å². The van der Waals surface area contributed by atoms with Gasteiger partial charge in [0.15, 0.2) is 0 Å². The summed E-state index contributed by atoms with van der Waals surface area (Å²) in [6, 6.07) is 8.02. The lowest BCUT2D eigenvalue weighted by Crippen LogP contribution is -1.97. The highest BCUT2D eigenvalue weighted by Crippen LogP contribution is 2.06. The fourth-order valence-electron chi connectivity index (χ4n) is 0.944. The van der Waals surface area contributed by atoms with Crippen LogP contribution >= 0.6 is 11.6 Å². The van der Waals surface area contributed by atoms with Crippen LogP contribution in [0.3, 0.4) is 0 Å². The van der Waals surface area contributed by atoms with Crippen LogP contribution in [0.4, 0.5) is 0 Å². The van der Waals surface area contributed by atoms with Gasteiger partial charge < -0.3 is 4.74 Å². The zero-order chi connectivity index (χ0) is 13.1. The SMILES string of the molecule is C=CC(=O)OCC.C=Cc1ccc(CCl)cc1. The summed E-state index contributed by atoms with van der Waals surface area (Å²) in [5.41, 5.74) is 2.28. The summed E-state index contributed by atoms with van der Waals surface area (Å²) in [6.07, 6.45) is 2.96. The number of ether oxygens (including phenoxy) is 1. The van der Waals surface area contributed by atoms with Gasteiger partial charge in [-0.05, 0) is 18.1 Å². The molecule has 0 fully saturated rings. The van der Waals surface area contributed by atoms with Gasteiger partial charge in [-0.25, -0.2) is 4.79 Å². The van der Waals surface area contributed by atoms with E-state index in [0.29, 0.717) is 12.5 Å². The number of alkyl halides is 1. The highest BCUT2D eigenvalue weighted by atomic mass is 35.5. The van der Waals surface area contributed by atoms with E-state index >= 15 is 0 Å². The lowest BCUT2D eigenvalue weighted by Gasteiger charge is -1.94. The Morgan fingerprint density at radius 3 is 2.24 bits per heavy atom. The summed E-state index contributed by atoms with van der Waals surface area (Å²) in [7, 11) is 0. The Morgan fingerprint density at radius 1 is 1.35 bits per heavy atom. The third-order valence-electron chi connectivity index (χ3n) is 1.82. The average Bonchev–Trinajstić information content (AvgIpc) is 2.39. The van der Waals surface area contributed by atoms with Crippen LogP contribution in [0.2, 0.25) is 0 Å². The van der Waals surface area contributed by atoms with E-state index in [2.05, 4.69) is 17.9 Å². The van der Waals surface area contributed by atoms with E-state index in [1.54, 1.807) is 6.92 Å². The van der Waals surface area contributed by atoms with E-state index in [1.807, 2.05) is 30.3 Å². The van der Waals surface area contributed by atoms with Crippen molar-refractivity contribution in [3.8, 4) is 0 Å². The van der Waals surface area contributed by atoms with Gasteiger partial charge in [0.05, 0.1) is 6.61 Å². The topological polar surface area (TPSA) is 26.3 Å². The molecule has 0 amide bonds. The predicted octanol–water partition coefficient (Wildman–Crippen LogP) is 3.80. The van der Waals surface area contributed by atoms with Crippen LogP contribution in [0.5, 0.6) is 0 Å². The molecule has 17 heavy (non-hydrogen) atoms. The van der Waals surface area contributed by atoms with Gasteiger partial charge >= 0.3 is 5.97 Å². The summed E-state index contributed by atoms with van der Waals surface area (Å²) in [6.45, 7) is 9.03. The molecular formula is C14H17ClO2. The Labute approximate surface area is 108 Å². The second-order valence-corrected chi connectivity index (χ2v) is 3.30. The normalized spacial score (nSPS) is 8.59. The maximum atomic E-state index is 10.1. The van der Waals surface area contributed by atoms with Crippen molar-refractivity contribution >= 4 is 23.6 Å². The highest BCUT2D eigenvalue weighted by molar-refractivity contribution is 6.17. The predicted molar refractivity (Wildman–Crippen MR) is 72.9 cm³/mol. The minimum Gasteiger partial charge on any atom is -0.463 e. The van der Waals surface area contributed by atoms with E-state index in [4.69, 9.17) is 11.6 Å². The molecule has 0 saturated heterocycles. The molecule has 2 nitrogen and oxygen atoms in total. The van der Waals surface area contributed by atoms with Gasteiger partial charge in [0.1, 0.15) is 0 Å². The number of carbonyl (C=O) groups is 1. The molecule has 0 aromatic heterocycles. The first-order chi connectivity index (χ1) is 8.17. The number of hydrogen-bond acceptors (Lipinski definition) is 2. The molecule has 3 heteroatoms. The van der Waals surface area contributed by atoms with Crippen molar-refractivity contribution in [3.05, 3.63) is 54.6 Å². The summed E-state index contributed by atoms with van der Waals surface area (Å²) < 4.78 is 4.43. The zero-order valence-corrected chi connectivity index (χ0v) is 10.7. The maximum Gasteiger partial charge on any atom is 0.330 e. The van der Waals surface area contributed by atoms with Crippen LogP contribution in [0.15, 0.2) is 43.5 Å². The van der Waals surface area contributed by atoms with Crippen molar-refractivity contribution in [2.24, 2.45) is 0 Å². The monoisotopic (exact) mass is 252 g/mol. The van der Waals surface area contributed by atoms with Crippen LogP contribution in [-0.4, -0.2) is 12.6 Å². The fourth-order valence-corrected chi connectivity index (χ4v) is 1.12. The number of benzene rings is 1. The molecule has 0 unspecified atom stereocenters. The third-order valence-corrected chi connectivity index (χ3v) is 2.13. The van der Waals surface area contributed by atoms with E-state index in [1.165, 1.54) is 0 Å². The first kappa shape index (κ1) is 15.5. The Hall–Kier alpha value is -1.54. The lowest BCUT2D eigenvalue weighted by atomic mass is 10.1. The fraction of sp³-hybridized carbons (Fsp3) is 0.214. The largest absolute Gasteiger partial charge is 0.463 e. The second kappa shape index (κ2) is 9.67. The van der Waals surface area contributed by atoms with Crippen molar-refractivity contribution in [3.63, 3.8) is 0 Å². The van der Waals surface area contributed by atoms with Crippen LogP contribution in [0, 0.1) is 0 Å². The van der Waals surface area contributed by atoms with Crippen LogP contribution in [-0.2, 0) is 15.4 Å². The van der Waals surface area contributed by atoms with Gasteiger partial charge in [-0.15, -0.1) is 11.6 Å². The van der Waals surface area contributed by atoms with Gasteiger partial charge in [0.2, 0.25) is 0 Å². The number of halogens is 1. The van der Waals surface area contributed by atoms with Gasteiger partial charge in [-0.2, -0.15) is 0 Å². The van der Waals surface area contributed by atoms with Crippen LogP contribution in [0.25, 0.3) is 6.08 Å². The molecular weight excluding hydrogens is 236 g/mol. The highest BCUT2D eigenvalue weighted by Gasteiger charge is 1.87. The molecule has 0 radical (unpaired) electrons. The molecule has 0 aliphatic carbocycles. The van der Waals surface area contributed by atoms with Crippen molar-refractivity contribution in [1.29, 1.82) is 0 Å². The van der Waals surface area contributed by atoms with Gasteiger partial charge in [-0.3, -0.25) is 0 Å². The minimum absolute atomic E-state index is 0.359. The van der Waals surface area contributed by atoms with E-state index in [9.17, 15) is 4.79 Å². The molecule has 92 valence electrons. The average molecular weight is 253 g/mol. The number of rotatable bonds is 4. The number of esters is 1. The number of carbonyl (C=O) groups excluding carboxylic acids is 1.